The fourth-order valence-electron chi connectivity index (χ4n) is 8.73. The van der Waals surface area contributed by atoms with Crippen molar-refractivity contribution in [3.8, 4) is 54.3 Å². The third kappa shape index (κ3) is 3.51. The maximum atomic E-state index is 7.43. The standard InChI is InChI=1S/C45H24N2S2/c1-46-47-44-33-14-3-2-10-28(33)29-20-18-26(23-35(29)44)40-24-42-43(48-40)25-41(49-42)27-19-21-39-34(22-27)32-13-6-9-17-38(32)45(39)36-15-7-4-11-30(36)31-12-5-8-16-37(31)45/h2-25H/b47-44-. The summed E-state index contributed by atoms with van der Waals surface area (Å²) >= 11 is 3.70. The van der Waals surface area contributed by atoms with Crippen molar-refractivity contribution in [2.75, 3.05) is 0 Å². The van der Waals surface area contributed by atoms with Gasteiger partial charge in [-0.2, -0.15) is 6.57 Å². The van der Waals surface area contributed by atoms with Crippen molar-refractivity contribution >= 4 is 37.8 Å². The lowest BCUT2D eigenvalue weighted by Crippen LogP contribution is -2.25. The van der Waals surface area contributed by atoms with Gasteiger partial charge in [0.1, 0.15) is 0 Å². The maximum absolute atomic E-state index is 7.43. The van der Waals surface area contributed by atoms with Gasteiger partial charge in [-0.05, 0) is 91.0 Å². The highest BCUT2D eigenvalue weighted by atomic mass is 32.1. The van der Waals surface area contributed by atoms with Crippen molar-refractivity contribution in [2.45, 2.75) is 5.41 Å². The molecular formula is C45H24N2S2. The van der Waals surface area contributed by atoms with Gasteiger partial charge < -0.3 is 0 Å². The topological polar surface area (TPSA) is 16.7 Å². The van der Waals surface area contributed by atoms with Crippen molar-refractivity contribution < 1.29 is 0 Å². The third-order valence-corrected chi connectivity index (χ3v) is 13.1. The predicted octanol–water partition coefficient (Wildman–Crippen LogP) is 12.3. The Kier molecular flexibility index (Phi) is 5.45. The molecule has 0 fully saturated rings. The van der Waals surface area contributed by atoms with Gasteiger partial charge in [0, 0.05) is 30.3 Å². The average Bonchev–Trinajstić information content (AvgIpc) is 3.94. The first kappa shape index (κ1) is 27.1. The summed E-state index contributed by atoms with van der Waals surface area (Å²) in [5, 5.41) is 4.22. The lowest BCUT2D eigenvalue weighted by Gasteiger charge is -2.30. The Morgan fingerprint density at radius 1 is 0.429 bits per heavy atom. The molecule has 0 amide bonds. The highest BCUT2D eigenvalue weighted by Crippen LogP contribution is 2.63. The minimum atomic E-state index is -0.307. The summed E-state index contributed by atoms with van der Waals surface area (Å²) in [7, 11) is 0. The maximum Gasteiger partial charge on any atom is 0.161 e. The van der Waals surface area contributed by atoms with Crippen LogP contribution < -0.4 is 0 Å². The Labute approximate surface area is 291 Å². The van der Waals surface area contributed by atoms with Crippen molar-refractivity contribution in [3.05, 3.63) is 190 Å². The van der Waals surface area contributed by atoms with Crippen LogP contribution in [0.2, 0.25) is 0 Å². The van der Waals surface area contributed by atoms with E-state index < -0.39 is 0 Å². The molecule has 11 rings (SSSR count). The molecule has 0 saturated carbocycles. The zero-order valence-electron chi connectivity index (χ0n) is 26.1. The van der Waals surface area contributed by atoms with Crippen LogP contribution in [0.1, 0.15) is 33.4 Å². The molecule has 0 unspecified atom stereocenters. The molecule has 0 atom stereocenters. The van der Waals surface area contributed by atoms with Gasteiger partial charge in [0.2, 0.25) is 0 Å². The van der Waals surface area contributed by atoms with E-state index in [0.29, 0.717) is 0 Å². The molecule has 6 aromatic carbocycles. The van der Waals surface area contributed by atoms with Crippen molar-refractivity contribution in [2.24, 2.45) is 5.10 Å². The Balaban J connectivity index is 1.01. The average molecular weight is 657 g/mol. The third-order valence-electron chi connectivity index (χ3n) is 10.7. The van der Waals surface area contributed by atoms with Gasteiger partial charge in [0.05, 0.1) is 10.5 Å². The van der Waals surface area contributed by atoms with Crippen molar-refractivity contribution in [3.63, 3.8) is 0 Å². The van der Waals surface area contributed by atoms with Crippen LogP contribution in [0.5, 0.6) is 0 Å². The van der Waals surface area contributed by atoms with Gasteiger partial charge in [-0.3, -0.25) is 0 Å². The van der Waals surface area contributed by atoms with E-state index in [-0.39, 0.29) is 5.41 Å². The van der Waals surface area contributed by atoms with E-state index in [9.17, 15) is 0 Å². The Morgan fingerprint density at radius 2 is 0.878 bits per heavy atom. The molecule has 0 aliphatic heterocycles. The normalized spacial score (nSPS) is 14.7. The smallest absolute Gasteiger partial charge is 0.161 e. The molecule has 2 heterocycles. The van der Waals surface area contributed by atoms with Gasteiger partial charge in [-0.1, -0.05) is 121 Å². The van der Waals surface area contributed by atoms with E-state index in [0.717, 1.165) is 33.5 Å². The van der Waals surface area contributed by atoms with Gasteiger partial charge in [0.25, 0.3) is 0 Å². The summed E-state index contributed by atoms with van der Waals surface area (Å²) in [5.41, 5.74) is 18.1. The molecule has 0 radical (unpaired) electrons. The molecule has 0 N–H and O–H groups in total. The summed E-state index contributed by atoms with van der Waals surface area (Å²) in [4.78, 5) is 5.92. The molecule has 4 heteroatoms. The molecule has 3 aliphatic rings. The van der Waals surface area contributed by atoms with Crippen molar-refractivity contribution in [1.29, 1.82) is 0 Å². The second-order valence-electron chi connectivity index (χ2n) is 13.0. The molecule has 1 spiro atoms. The second-order valence-corrected chi connectivity index (χ2v) is 15.1. The molecule has 8 aromatic rings. The first-order chi connectivity index (χ1) is 24.2. The molecule has 226 valence electrons. The van der Waals surface area contributed by atoms with Crippen LogP contribution in [-0.4, -0.2) is 5.71 Å². The SMILES string of the molecule is [C-]#[N+]/N=C1/c2ccccc2-c2ccc(-c3cc4sc(-c5ccc6c(c5)-c5ccccc5C65c6ccccc6-c6ccccc65)cc4s3)cc21. The number of nitrogens with zero attached hydrogens (tertiary/aromatic N) is 2. The Morgan fingerprint density at radius 3 is 1.47 bits per heavy atom. The lowest BCUT2D eigenvalue weighted by atomic mass is 9.70. The zero-order valence-corrected chi connectivity index (χ0v) is 27.7. The van der Waals surface area contributed by atoms with Crippen LogP contribution in [0.25, 0.3) is 68.6 Å². The first-order valence-corrected chi connectivity index (χ1v) is 18.0. The summed E-state index contributed by atoms with van der Waals surface area (Å²) < 4.78 is 2.59. The quantitative estimate of drug-likeness (QED) is 0.130. The largest absolute Gasteiger partial charge is 0.181 e. The highest BCUT2D eigenvalue weighted by Gasteiger charge is 2.51. The van der Waals surface area contributed by atoms with Crippen LogP contribution in [0.4, 0.5) is 0 Å². The van der Waals surface area contributed by atoms with E-state index >= 15 is 0 Å². The van der Waals surface area contributed by atoms with Crippen LogP contribution in [0, 0.1) is 6.57 Å². The molecule has 0 bridgehead atoms. The highest BCUT2D eigenvalue weighted by molar-refractivity contribution is 7.31. The molecule has 2 aromatic heterocycles. The molecule has 3 aliphatic carbocycles. The van der Waals surface area contributed by atoms with Crippen molar-refractivity contribution in [1.82, 2.24) is 0 Å². The number of thiophene rings is 2. The number of fused-ring (bicyclic) bond motifs is 14. The summed E-state index contributed by atoms with van der Waals surface area (Å²) in [6, 6.07) is 53.7. The fraction of sp³-hybridized carbons (Fsp3) is 0.0222. The van der Waals surface area contributed by atoms with E-state index in [4.69, 9.17) is 6.57 Å². The molecule has 49 heavy (non-hydrogen) atoms. The van der Waals surface area contributed by atoms with Gasteiger partial charge >= 0.3 is 0 Å². The second kappa shape index (κ2) is 9.84. The van der Waals surface area contributed by atoms with E-state index in [1.807, 2.05) is 34.8 Å². The molecule has 0 saturated heterocycles. The van der Waals surface area contributed by atoms with Crippen LogP contribution >= 0.6 is 22.7 Å². The Hall–Kier alpha value is -5.86. The van der Waals surface area contributed by atoms with E-state index in [1.54, 1.807) is 0 Å². The number of hydrogen-bond acceptors (Lipinski definition) is 3. The summed E-state index contributed by atoms with van der Waals surface area (Å²) in [6.45, 7) is 7.43. The Bertz CT molecular complexity index is 2730. The molecular weight excluding hydrogens is 633 g/mol. The van der Waals surface area contributed by atoms with Gasteiger partial charge in [-0.15, -0.1) is 27.6 Å². The van der Waals surface area contributed by atoms with Gasteiger partial charge in [-0.25, -0.2) is 0 Å². The van der Waals surface area contributed by atoms with Crippen LogP contribution in [0.3, 0.4) is 0 Å². The van der Waals surface area contributed by atoms with Gasteiger partial charge in [0.15, 0.2) is 5.71 Å². The predicted molar refractivity (Wildman–Crippen MR) is 205 cm³/mol. The zero-order chi connectivity index (χ0) is 32.3. The number of benzene rings is 6. The van der Waals surface area contributed by atoms with E-state index in [2.05, 4.69) is 144 Å². The molecule has 2 nitrogen and oxygen atoms in total. The fourth-order valence-corrected chi connectivity index (χ4v) is 11.1. The minimum absolute atomic E-state index is 0.307. The number of rotatable bonds is 2. The van der Waals surface area contributed by atoms with Crippen LogP contribution in [-0.2, 0) is 5.41 Å². The van der Waals surface area contributed by atoms with Crippen LogP contribution in [0.15, 0.2) is 151 Å². The monoisotopic (exact) mass is 656 g/mol. The minimum Gasteiger partial charge on any atom is -0.181 e. The lowest BCUT2D eigenvalue weighted by molar-refractivity contribution is 0.794. The first-order valence-electron chi connectivity index (χ1n) is 16.4. The summed E-state index contributed by atoms with van der Waals surface area (Å²) in [5.74, 6) is 0. The number of hydrogen-bond donors (Lipinski definition) is 0. The summed E-state index contributed by atoms with van der Waals surface area (Å²) in [6.07, 6.45) is 0. The van der Waals surface area contributed by atoms with E-state index in [1.165, 1.54) is 69.2 Å².